The van der Waals surface area contributed by atoms with E-state index in [0.29, 0.717) is 6.42 Å². The lowest BCUT2D eigenvalue weighted by Crippen LogP contribution is -2.59. The summed E-state index contributed by atoms with van der Waals surface area (Å²) in [4.78, 5) is 28.6. The maximum atomic E-state index is 11.5. The standard InChI is InChI=1S/C11H20NO6P/c1-9(2)7-4-5-10(9,3)11(14,6-7)12-8(13)18-19(15,16)17/h7,14H,4-6H2,1-3H3,(H,12,13)(H2,15,16,17). The van der Waals surface area contributed by atoms with Crippen molar-refractivity contribution in [3.63, 3.8) is 0 Å². The van der Waals surface area contributed by atoms with E-state index in [9.17, 15) is 14.5 Å². The molecule has 4 N–H and O–H groups in total. The molecule has 0 aliphatic heterocycles. The monoisotopic (exact) mass is 293 g/mol. The van der Waals surface area contributed by atoms with Crippen LogP contribution in [0.3, 0.4) is 0 Å². The third-order valence-electron chi connectivity index (χ3n) is 5.40. The largest absolute Gasteiger partial charge is 0.528 e. The number of phosphoric ester groups is 1. The number of hydrogen-bond acceptors (Lipinski definition) is 4. The van der Waals surface area contributed by atoms with E-state index >= 15 is 0 Å². The molecule has 2 rings (SSSR count). The van der Waals surface area contributed by atoms with Gasteiger partial charge in [0.25, 0.3) is 0 Å². The first-order valence-corrected chi connectivity index (χ1v) is 7.74. The van der Waals surface area contributed by atoms with Crippen LogP contribution in [0.25, 0.3) is 0 Å². The summed E-state index contributed by atoms with van der Waals surface area (Å²) in [6.45, 7) is 5.97. The zero-order chi connectivity index (χ0) is 14.7. The molecule has 0 aromatic heterocycles. The van der Waals surface area contributed by atoms with Gasteiger partial charge in [0.05, 0.1) is 0 Å². The number of rotatable bonds is 2. The fourth-order valence-corrected chi connectivity index (χ4v) is 4.03. The van der Waals surface area contributed by atoms with Crippen LogP contribution in [0.2, 0.25) is 0 Å². The zero-order valence-electron chi connectivity index (χ0n) is 11.2. The molecule has 0 saturated heterocycles. The summed E-state index contributed by atoms with van der Waals surface area (Å²) in [5.74, 6) is 0.262. The van der Waals surface area contributed by atoms with Crippen molar-refractivity contribution < 1.29 is 28.8 Å². The average molecular weight is 293 g/mol. The van der Waals surface area contributed by atoms with Gasteiger partial charge in [0, 0.05) is 5.41 Å². The summed E-state index contributed by atoms with van der Waals surface area (Å²) in [6.07, 6.45) is 0.797. The van der Waals surface area contributed by atoms with Gasteiger partial charge in [-0.1, -0.05) is 20.8 Å². The first-order valence-electron chi connectivity index (χ1n) is 6.21. The van der Waals surface area contributed by atoms with Gasteiger partial charge in [-0.05, 0) is 30.6 Å². The first-order chi connectivity index (χ1) is 8.41. The maximum Gasteiger partial charge on any atom is 0.528 e. The van der Waals surface area contributed by atoms with Gasteiger partial charge in [-0.15, -0.1) is 0 Å². The number of aliphatic hydroxyl groups is 1. The molecule has 0 aromatic rings. The van der Waals surface area contributed by atoms with Gasteiger partial charge in [-0.2, -0.15) is 0 Å². The molecule has 2 bridgehead atoms. The van der Waals surface area contributed by atoms with Gasteiger partial charge >= 0.3 is 13.9 Å². The van der Waals surface area contributed by atoms with Crippen molar-refractivity contribution in [1.82, 2.24) is 5.32 Å². The Morgan fingerprint density at radius 2 is 1.95 bits per heavy atom. The van der Waals surface area contributed by atoms with E-state index < -0.39 is 25.1 Å². The van der Waals surface area contributed by atoms with Crippen LogP contribution >= 0.6 is 7.82 Å². The van der Waals surface area contributed by atoms with Crippen LogP contribution in [0.15, 0.2) is 0 Å². The maximum absolute atomic E-state index is 11.5. The van der Waals surface area contributed by atoms with Crippen molar-refractivity contribution in [3.05, 3.63) is 0 Å². The second-order valence-corrected chi connectivity index (χ2v) is 7.51. The van der Waals surface area contributed by atoms with Crippen LogP contribution in [0.1, 0.15) is 40.0 Å². The Bertz CT molecular complexity index is 460. The highest BCUT2D eigenvalue weighted by molar-refractivity contribution is 7.46. The second kappa shape index (κ2) is 3.95. The lowest BCUT2D eigenvalue weighted by molar-refractivity contribution is -0.107. The van der Waals surface area contributed by atoms with Gasteiger partial charge in [0.15, 0.2) is 0 Å². The normalized spacial score (nSPS) is 40.2. The molecule has 19 heavy (non-hydrogen) atoms. The van der Waals surface area contributed by atoms with E-state index in [-0.39, 0.29) is 11.3 Å². The molecule has 1 amide bonds. The molecule has 2 aliphatic rings. The highest BCUT2D eigenvalue weighted by Gasteiger charge is 2.69. The quantitative estimate of drug-likeness (QED) is 0.451. The van der Waals surface area contributed by atoms with E-state index in [1.54, 1.807) is 0 Å². The summed E-state index contributed by atoms with van der Waals surface area (Å²) in [5, 5.41) is 12.9. The van der Waals surface area contributed by atoms with E-state index in [2.05, 4.69) is 9.84 Å². The van der Waals surface area contributed by atoms with Crippen molar-refractivity contribution in [1.29, 1.82) is 0 Å². The lowest BCUT2D eigenvalue weighted by Gasteiger charge is -2.44. The minimum absolute atomic E-state index is 0.156. The molecule has 8 heteroatoms. The summed E-state index contributed by atoms with van der Waals surface area (Å²) in [6, 6.07) is 0. The third-order valence-corrected chi connectivity index (χ3v) is 5.80. The van der Waals surface area contributed by atoms with Gasteiger partial charge in [0.2, 0.25) is 0 Å². The molecule has 2 aliphatic carbocycles. The predicted octanol–water partition coefficient (Wildman–Crippen LogP) is 1.34. The number of carbonyl (C=O) groups is 1. The smallest absolute Gasteiger partial charge is 0.370 e. The van der Waals surface area contributed by atoms with Crippen LogP contribution in [-0.2, 0) is 9.09 Å². The minimum atomic E-state index is -4.90. The number of fused-ring (bicyclic) bond motifs is 2. The first kappa shape index (κ1) is 14.8. The Morgan fingerprint density at radius 1 is 1.37 bits per heavy atom. The van der Waals surface area contributed by atoms with Crippen molar-refractivity contribution in [2.75, 3.05) is 0 Å². The fraction of sp³-hybridized carbons (Fsp3) is 0.909. The zero-order valence-corrected chi connectivity index (χ0v) is 12.1. The number of nitrogens with one attached hydrogen (secondary N) is 1. The lowest BCUT2D eigenvalue weighted by atomic mass is 9.67. The van der Waals surface area contributed by atoms with Crippen LogP contribution in [0, 0.1) is 16.7 Å². The topological polar surface area (TPSA) is 116 Å². The van der Waals surface area contributed by atoms with Crippen LogP contribution in [0.5, 0.6) is 0 Å². The van der Waals surface area contributed by atoms with Crippen molar-refractivity contribution in [2.45, 2.75) is 45.8 Å². The Hall–Kier alpha value is -0.620. The number of carbonyl (C=O) groups excluding carboxylic acids is 1. The highest BCUT2D eigenvalue weighted by Crippen LogP contribution is 2.68. The Kier molecular flexibility index (Phi) is 3.07. The van der Waals surface area contributed by atoms with Crippen molar-refractivity contribution in [3.8, 4) is 0 Å². The van der Waals surface area contributed by atoms with Crippen LogP contribution in [-0.4, -0.2) is 26.7 Å². The molecule has 0 heterocycles. The molecule has 3 atom stereocenters. The molecule has 110 valence electrons. The molecule has 0 spiro atoms. The highest BCUT2D eigenvalue weighted by atomic mass is 31.2. The summed E-state index contributed by atoms with van der Waals surface area (Å²) in [7, 11) is -4.90. The number of phosphoric acid groups is 1. The van der Waals surface area contributed by atoms with E-state index in [1.807, 2.05) is 20.8 Å². The van der Waals surface area contributed by atoms with E-state index in [4.69, 9.17) is 9.79 Å². The Balaban J connectivity index is 2.18. The SMILES string of the molecule is CC1(C)C2CCC1(C)C(O)(NC(=O)OP(=O)(O)O)C2. The minimum Gasteiger partial charge on any atom is -0.370 e. The van der Waals surface area contributed by atoms with Crippen molar-refractivity contribution in [2.24, 2.45) is 16.7 Å². The summed E-state index contributed by atoms with van der Waals surface area (Å²) in [5.41, 5.74) is -2.19. The molecule has 3 unspecified atom stereocenters. The molecule has 0 radical (unpaired) electrons. The van der Waals surface area contributed by atoms with Crippen LogP contribution in [0.4, 0.5) is 4.79 Å². The van der Waals surface area contributed by atoms with Gasteiger partial charge in [0.1, 0.15) is 5.72 Å². The van der Waals surface area contributed by atoms with Crippen LogP contribution < -0.4 is 5.32 Å². The second-order valence-electron chi connectivity index (χ2n) is 6.35. The predicted molar refractivity (Wildman–Crippen MR) is 65.8 cm³/mol. The van der Waals surface area contributed by atoms with E-state index in [1.165, 1.54) is 0 Å². The molecular weight excluding hydrogens is 273 g/mol. The van der Waals surface area contributed by atoms with Gasteiger partial charge < -0.3 is 9.63 Å². The van der Waals surface area contributed by atoms with E-state index in [0.717, 1.165) is 12.8 Å². The molecule has 7 nitrogen and oxygen atoms in total. The summed E-state index contributed by atoms with van der Waals surface area (Å²) < 4.78 is 14.6. The Morgan fingerprint density at radius 3 is 2.32 bits per heavy atom. The fourth-order valence-electron chi connectivity index (χ4n) is 3.76. The van der Waals surface area contributed by atoms with Gasteiger partial charge in [-0.3, -0.25) is 15.1 Å². The van der Waals surface area contributed by atoms with Gasteiger partial charge in [-0.25, -0.2) is 9.36 Å². The molecule has 2 fully saturated rings. The molecular formula is C11H20NO6P. The number of hydrogen-bond donors (Lipinski definition) is 4. The third kappa shape index (κ3) is 2.09. The Labute approximate surface area is 111 Å². The molecule has 2 saturated carbocycles. The summed E-state index contributed by atoms with van der Waals surface area (Å²) >= 11 is 0. The number of amides is 1. The average Bonchev–Trinajstić information content (AvgIpc) is 2.45. The van der Waals surface area contributed by atoms with Crippen molar-refractivity contribution >= 4 is 13.9 Å². The molecule has 0 aromatic carbocycles.